The van der Waals surface area contributed by atoms with Crippen molar-refractivity contribution in [2.45, 2.75) is 34.8 Å². The van der Waals surface area contributed by atoms with Gasteiger partial charge in [0, 0.05) is 30.4 Å². The molecule has 27 heavy (non-hydrogen) atoms. The van der Waals surface area contributed by atoms with Gasteiger partial charge in [0.05, 0.1) is 10.3 Å². The van der Waals surface area contributed by atoms with E-state index in [1.165, 1.54) is 6.08 Å². The van der Waals surface area contributed by atoms with Crippen LogP contribution in [0.3, 0.4) is 0 Å². The number of fused-ring (bicyclic) bond motifs is 2. The van der Waals surface area contributed by atoms with Gasteiger partial charge in [-0.3, -0.25) is 9.59 Å². The Morgan fingerprint density at radius 3 is 2.89 bits per heavy atom. The van der Waals surface area contributed by atoms with Gasteiger partial charge < -0.3 is 10.6 Å². The number of hydrogen-bond acceptors (Lipinski definition) is 5. The summed E-state index contributed by atoms with van der Waals surface area (Å²) in [6, 6.07) is 4.92. The van der Waals surface area contributed by atoms with Gasteiger partial charge in [0.1, 0.15) is 0 Å². The largest absolute Gasteiger partial charge is 0.341 e. The predicted molar refractivity (Wildman–Crippen MR) is 104 cm³/mol. The summed E-state index contributed by atoms with van der Waals surface area (Å²) in [6.45, 7) is 4.37. The number of benzene rings is 1. The van der Waals surface area contributed by atoms with E-state index in [0.717, 1.165) is 12.0 Å². The molecule has 9 heteroatoms. The van der Waals surface area contributed by atoms with Gasteiger partial charge >= 0.3 is 0 Å². The number of sulfonamides is 1. The summed E-state index contributed by atoms with van der Waals surface area (Å²) in [5.74, 6) is -0.00416. The Morgan fingerprint density at radius 2 is 2.15 bits per heavy atom. The van der Waals surface area contributed by atoms with Crippen LogP contribution in [-0.2, 0) is 26.0 Å². The molecule has 3 aliphatic rings. The number of amides is 2. The van der Waals surface area contributed by atoms with E-state index in [2.05, 4.69) is 17.2 Å². The first-order valence-corrected chi connectivity index (χ1v) is 11.3. The van der Waals surface area contributed by atoms with Crippen LogP contribution in [0.5, 0.6) is 0 Å². The number of carbonyl (C=O) groups excluding carboxylic acids is 2. The van der Waals surface area contributed by atoms with Crippen molar-refractivity contribution in [3.63, 3.8) is 0 Å². The molecule has 3 aliphatic heterocycles. The second-order valence-corrected chi connectivity index (χ2v) is 10.4. The Morgan fingerprint density at radius 1 is 1.33 bits per heavy atom. The van der Waals surface area contributed by atoms with Crippen LogP contribution >= 0.6 is 11.8 Å². The van der Waals surface area contributed by atoms with Gasteiger partial charge in [0.25, 0.3) is 0 Å². The molecule has 2 fully saturated rings. The molecule has 2 saturated heterocycles. The van der Waals surface area contributed by atoms with E-state index in [9.17, 15) is 18.0 Å². The predicted octanol–water partition coefficient (Wildman–Crippen LogP) is 1.33. The number of carbonyl (C=O) groups is 2. The maximum Gasteiger partial charge on any atom is 0.244 e. The highest BCUT2D eigenvalue weighted by molar-refractivity contribution is 8.00. The lowest BCUT2D eigenvalue weighted by Gasteiger charge is -2.21. The third-order valence-electron chi connectivity index (χ3n) is 5.30. The number of nitrogens with zero attached hydrogens (tertiary/aromatic N) is 1. The maximum absolute atomic E-state index is 13.1. The first-order chi connectivity index (χ1) is 12.9. The fourth-order valence-electron chi connectivity index (χ4n) is 3.90. The molecule has 2 amide bonds. The molecule has 4 rings (SSSR count). The van der Waals surface area contributed by atoms with Crippen molar-refractivity contribution in [1.82, 2.24) is 9.62 Å². The highest BCUT2D eigenvalue weighted by atomic mass is 32.2. The zero-order valence-electron chi connectivity index (χ0n) is 14.7. The monoisotopic (exact) mass is 407 g/mol. The van der Waals surface area contributed by atoms with Crippen LogP contribution in [0.1, 0.15) is 18.4 Å². The Balaban J connectivity index is 1.47. The summed E-state index contributed by atoms with van der Waals surface area (Å²) in [5, 5.41) is 5.86. The Labute approximate surface area is 162 Å². The molecule has 0 bridgehead atoms. The molecule has 0 aromatic heterocycles. The third kappa shape index (κ3) is 3.51. The number of aryl methyl sites for hydroxylation is 1. The second-order valence-electron chi connectivity index (χ2n) is 7.06. The van der Waals surface area contributed by atoms with Gasteiger partial charge in [0.15, 0.2) is 0 Å². The van der Waals surface area contributed by atoms with Gasteiger partial charge in [-0.05, 0) is 48.6 Å². The summed E-state index contributed by atoms with van der Waals surface area (Å²) in [6.07, 6.45) is 2.94. The van der Waals surface area contributed by atoms with Gasteiger partial charge in [-0.15, -0.1) is 11.8 Å². The van der Waals surface area contributed by atoms with Crippen molar-refractivity contribution < 1.29 is 18.0 Å². The Kier molecular flexibility index (Phi) is 4.77. The summed E-state index contributed by atoms with van der Waals surface area (Å²) in [4.78, 5) is 23.2. The molecule has 0 spiro atoms. The van der Waals surface area contributed by atoms with E-state index >= 15 is 0 Å². The lowest BCUT2D eigenvalue weighted by molar-refractivity contribution is -0.117. The second kappa shape index (κ2) is 6.96. The molecule has 0 radical (unpaired) electrons. The van der Waals surface area contributed by atoms with Crippen molar-refractivity contribution in [2.24, 2.45) is 5.92 Å². The van der Waals surface area contributed by atoms with E-state index in [-0.39, 0.29) is 33.3 Å². The molecule has 7 nitrogen and oxygen atoms in total. The summed E-state index contributed by atoms with van der Waals surface area (Å²) < 4.78 is 27.7. The lowest BCUT2D eigenvalue weighted by Crippen LogP contribution is -2.33. The van der Waals surface area contributed by atoms with E-state index in [1.807, 2.05) is 0 Å². The molecule has 144 valence electrons. The van der Waals surface area contributed by atoms with Crippen LogP contribution < -0.4 is 10.6 Å². The number of thioether (sulfide) groups is 1. The molecule has 0 saturated carbocycles. The van der Waals surface area contributed by atoms with Crippen molar-refractivity contribution in [1.29, 1.82) is 0 Å². The van der Waals surface area contributed by atoms with Gasteiger partial charge in [-0.2, -0.15) is 4.31 Å². The molecule has 1 aromatic carbocycles. The van der Waals surface area contributed by atoms with Crippen molar-refractivity contribution in [2.75, 3.05) is 18.4 Å². The van der Waals surface area contributed by atoms with Crippen LogP contribution in [-0.4, -0.2) is 48.3 Å². The maximum atomic E-state index is 13.1. The molecular weight excluding hydrogens is 386 g/mol. The minimum atomic E-state index is -3.57. The van der Waals surface area contributed by atoms with Crippen LogP contribution in [0.2, 0.25) is 0 Å². The summed E-state index contributed by atoms with van der Waals surface area (Å²) in [5.41, 5.74) is 1.55. The number of hydrogen-bond donors (Lipinski definition) is 2. The first kappa shape index (κ1) is 18.5. The minimum Gasteiger partial charge on any atom is -0.341 e. The first-order valence-electron chi connectivity index (χ1n) is 8.88. The molecule has 0 aliphatic carbocycles. The van der Waals surface area contributed by atoms with Gasteiger partial charge in [-0.25, -0.2) is 8.42 Å². The highest BCUT2D eigenvalue weighted by Gasteiger charge is 2.45. The Hall–Kier alpha value is -1.84. The zero-order valence-corrected chi connectivity index (χ0v) is 16.3. The molecule has 3 unspecified atom stereocenters. The zero-order chi connectivity index (χ0) is 19.2. The smallest absolute Gasteiger partial charge is 0.244 e. The summed E-state index contributed by atoms with van der Waals surface area (Å²) in [7, 11) is -3.57. The molecule has 3 heterocycles. The highest BCUT2D eigenvalue weighted by Crippen LogP contribution is 2.43. The third-order valence-corrected chi connectivity index (χ3v) is 8.65. The van der Waals surface area contributed by atoms with Crippen LogP contribution in [0.4, 0.5) is 5.69 Å². The van der Waals surface area contributed by atoms with Crippen LogP contribution in [0, 0.1) is 5.92 Å². The molecule has 1 aromatic rings. The van der Waals surface area contributed by atoms with E-state index < -0.39 is 10.0 Å². The molecule has 3 atom stereocenters. The molecule has 2 N–H and O–H groups in total. The number of anilines is 1. The number of nitrogens with one attached hydrogen (secondary N) is 2. The topological polar surface area (TPSA) is 95.6 Å². The standard InChI is InChI=1S/C18H21N3O4S2/c1-2-16(22)20-18-8-12-9-21(10-15(12)26-18)27(24,25)13-4-5-14-11(7-13)3-6-17(23)19-14/h2,4-5,7,12,15,18H,1,3,6,8-10H2,(H,19,23)(H,20,22). The lowest BCUT2D eigenvalue weighted by atomic mass is 10.0. The average molecular weight is 408 g/mol. The minimum absolute atomic E-state index is 0.0164. The van der Waals surface area contributed by atoms with E-state index in [4.69, 9.17) is 0 Å². The SMILES string of the molecule is C=CC(=O)NC1CC2CN(S(=O)(=O)c3ccc4c(c3)CCC(=O)N4)CC2S1. The van der Waals surface area contributed by atoms with Crippen molar-refractivity contribution >= 4 is 39.3 Å². The van der Waals surface area contributed by atoms with Gasteiger partial charge in [-0.1, -0.05) is 6.58 Å². The Bertz CT molecular complexity index is 901. The summed E-state index contributed by atoms with van der Waals surface area (Å²) >= 11 is 1.63. The fraction of sp³-hybridized carbons (Fsp3) is 0.444. The van der Waals surface area contributed by atoms with E-state index in [1.54, 1.807) is 34.3 Å². The van der Waals surface area contributed by atoms with Crippen molar-refractivity contribution in [3.8, 4) is 0 Å². The average Bonchev–Trinajstić information content (AvgIpc) is 3.20. The van der Waals surface area contributed by atoms with Gasteiger partial charge in [0.2, 0.25) is 21.8 Å². The number of rotatable bonds is 4. The van der Waals surface area contributed by atoms with Crippen molar-refractivity contribution in [3.05, 3.63) is 36.4 Å². The fourth-order valence-corrected chi connectivity index (χ4v) is 7.22. The van der Waals surface area contributed by atoms with Crippen LogP contribution in [0.15, 0.2) is 35.7 Å². The normalized spacial score (nSPS) is 27.6. The van der Waals surface area contributed by atoms with Crippen LogP contribution in [0.25, 0.3) is 0 Å². The van der Waals surface area contributed by atoms with E-state index in [0.29, 0.717) is 31.6 Å². The molecular formula is C18H21N3O4S2. The quantitative estimate of drug-likeness (QED) is 0.734.